The van der Waals surface area contributed by atoms with Gasteiger partial charge in [0.25, 0.3) is 0 Å². The molecule has 6 nitrogen and oxygen atoms in total. The lowest BCUT2D eigenvalue weighted by atomic mass is 10.1. The van der Waals surface area contributed by atoms with Crippen molar-refractivity contribution in [3.8, 4) is 12.1 Å². The van der Waals surface area contributed by atoms with E-state index in [-0.39, 0.29) is 11.9 Å². The quantitative estimate of drug-likeness (QED) is 0.703. The van der Waals surface area contributed by atoms with E-state index >= 15 is 0 Å². The summed E-state index contributed by atoms with van der Waals surface area (Å²) in [5.41, 5.74) is 3.72. The van der Waals surface area contributed by atoms with Crippen molar-refractivity contribution in [3.05, 3.63) is 51.4 Å². The van der Waals surface area contributed by atoms with Gasteiger partial charge in [0.1, 0.15) is 11.1 Å². The lowest BCUT2D eigenvalue weighted by Crippen LogP contribution is -2.52. The number of amides is 1. The van der Waals surface area contributed by atoms with Crippen molar-refractivity contribution in [3.63, 3.8) is 0 Å². The van der Waals surface area contributed by atoms with Crippen molar-refractivity contribution in [1.29, 1.82) is 10.5 Å². The van der Waals surface area contributed by atoms with Crippen LogP contribution in [0.4, 0.5) is 5.00 Å². The summed E-state index contributed by atoms with van der Waals surface area (Å²) in [5, 5.41) is 22.5. The number of benzene rings is 1. The van der Waals surface area contributed by atoms with Crippen LogP contribution in [0.1, 0.15) is 53.3 Å². The van der Waals surface area contributed by atoms with Gasteiger partial charge in [-0.25, -0.2) is 0 Å². The van der Waals surface area contributed by atoms with Gasteiger partial charge in [-0.2, -0.15) is 10.5 Å². The molecule has 1 fully saturated rings. The van der Waals surface area contributed by atoms with Crippen LogP contribution in [-0.2, 0) is 24.2 Å². The van der Waals surface area contributed by atoms with Crippen molar-refractivity contribution >= 4 is 22.2 Å². The molecule has 4 rings (SSSR count). The smallest absolute Gasteiger partial charge is 0.242 e. The standard InChI is InChI=1S/C25H29N5OS/c1-18(24(31)28-25-22(16-27)21-5-3-2-4-6-23(21)32-25)30-13-11-29(12-14-30)17-20-9-7-19(15-26)8-10-20/h7-10,18H,2-6,11-14,17H2,1H3,(H,28,31). The largest absolute Gasteiger partial charge is 0.315 e. The first-order valence-corrected chi connectivity index (χ1v) is 12.2. The summed E-state index contributed by atoms with van der Waals surface area (Å²) >= 11 is 1.60. The number of rotatable bonds is 5. The fraction of sp³-hybridized carbons (Fsp3) is 0.480. The Balaban J connectivity index is 1.32. The molecule has 1 aromatic heterocycles. The lowest BCUT2D eigenvalue weighted by molar-refractivity contribution is -0.121. The molecular formula is C25H29N5OS. The number of anilines is 1. The average Bonchev–Trinajstić information content (AvgIpc) is 2.98. The van der Waals surface area contributed by atoms with E-state index in [1.54, 1.807) is 11.3 Å². The topological polar surface area (TPSA) is 83.2 Å². The van der Waals surface area contributed by atoms with E-state index in [9.17, 15) is 10.1 Å². The summed E-state index contributed by atoms with van der Waals surface area (Å²) in [6.45, 7) is 6.26. The average molecular weight is 448 g/mol. The zero-order valence-corrected chi connectivity index (χ0v) is 19.4. The molecule has 0 spiro atoms. The zero-order valence-electron chi connectivity index (χ0n) is 18.6. The number of carbonyl (C=O) groups excluding carboxylic acids is 1. The Labute approximate surface area is 194 Å². The predicted octanol–water partition coefficient (Wildman–Crippen LogP) is 3.91. The molecule has 1 unspecified atom stereocenters. The molecule has 2 heterocycles. The van der Waals surface area contributed by atoms with Crippen LogP contribution >= 0.6 is 11.3 Å². The second-order valence-corrected chi connectivity index (χ2v) is 9.77. The third-order valence-corrected chi connectivity index (χ3v) is 7.80. The summed E-state index contributed by atoms with van der Waals surface area (Å²) in [7, 11) is 0. The van der Waals surface area contributed by atoms with Crippen LogP contribution in [-0.4, -0.2) is 47.9 Å². The van der Waals surface area contributed by atoms with Crippen LogP contribution in [0.2, 0.25) is 0 Å². The Hall–Kier alpha value is -2.71. The SMILES string of the molecule is CC(C(=O)Nc1sc2c(c1C#N)CCCCC2)N1CCN(Cc2ccc(C#N)cc2)CC1. The molecular weight excluding hydrogens is 418 g/mol. The Morgan fingerprint density at radius 3 is 2.47 bits per heavy atom. The molecule has 2 aliphatic rings. The van der Waals surface area contributed by atoms with Gasteiger partial charge < -0.3 is 5.32 Å². The van der Waals surface area contributed by atoms with Gasteiger partial charge in [-0.1, -0.05) is 18.6 Å². The molecule has 0 saturated carbocycles. The van der Waals surface area contributed by atoms with Crippen molar-refractivity contribution in [2.75, 3.05) is 31.5 Å². The van der Waals surface area contributed by atoms with Gasteiger partial charge in [-0.15, -0.1) is 11.3 Å². The third-order valence-electron chi connectivity index (χ3n) is 6.59. The number of nitriles is 2. The Kier molecular flexibility index (Phi) is 7.22. The highest BCUT2D eigenvalue weighted by Crippen LogP contribution is 2.37. The third kappa shape index (κ3) is 5.02. The highest BCUT2D eigenvalue weighted by molar-refractivity contribution is 7.16. The molecule has 2 aromatic rings. The molecule has 1 aromatic carbocycles. The first kappa shape index (κ1) is 22.5. The number of nitrogens with one attached hydrogen (secondary N) is 1. The second-order valence-electron chi connectivity index (χ2n) is 8.67. The normalized spacial score (nSPS) is 18.1. The molecule has 1 amide bonds. The van der Waals surface area contributed by atoms with Crippen LogP contribution in [0.5, 0.6) is 0 Å². The molecule has 1 atom stereocenters. The van der Waals surface area contributed by atoms with Crippen LogP contribution < -0.4 is 5.32 Å². The van der Waals surface area contributed by atoms with E-state index in [4.69, 9.17) is 5.26 Å². The maximum Gasteiger partial charge on any atom is 0.242 e. The second kappa shape index (κ2) is 10.3. The van der Waals surface area contributed by atoms with E-state index in [0.29, 0.717) is 11.1 Å². The maximum absolute atomic E-state index is 13.0. The molecule has 1 N–H and O–H groups in total. The first-order chi connectivity index (χ1) is 15.6. The van der Waals surface area contributed by atoms with Crippen LogP contribution in [0.15, 0.2) is 24.3 Å². The summed E-state index contributed by atoms with van der Waals surface area (Å²) in [6, 6.07) is 12.0. The number of nitrogens with zero attached hydrogens (tertiary/aromatic N) is 4. The van der Waals surface area contributed by atoms with Gasteiger partial charge in [0, 0.05) is 37.6 Å². The summed E-state index contributed by atoms with van der Waals surface area (Å²) < 4.78 is 0. The monoisotopic (exact) mass is 447 g/mol. The fourth-order valence-corrected chi connectivity index (χ4v) is 5.83. The van der Waals surface area contributed by atoms with E-state index in [1.165, 1.54) is 16.9 Å². The maximum atomic E-state index is 13.0. The highest BCUT2D eigenvalue weighted by atomic mass is 32.1. The van der Waals surface area contributed by atoms with Crippen LogP contribution in [0.3, 0.4) is 0 Å². The van der Waals surface area contributed by atoms with E-state index in [1.807, 2.05) is 31.2 Å². The molecule has 166 valence electrons. The van der Waals surface area contributed by atoms with Gasteiger partial charge in [0.2, 0.25) is 5.91 Å². The Morgan fingerprint density at radius 1 is 1.06 bits per heavy atom. The molecule has 1 aliphatic carbocycles. The summed E-state index contributed by atoms with van der Waals surface area (Å²) in [4.78, 5) is 18.9. The molecule has 1 saturated heterocycles. The Bertz CT molecular complexity index is 1040. The number of hydrogen-bond acceptors (Lipinski definition) is 6. The van der Waals surface area contributed by atoms with Crippen LogP contribution in [0.25, 0.3) is 0 Å². The Morgan fingerprint density at radius 2 is 1.78 bits per heavy atom. The van der Waals surface area contributed by atoms with Gasteiger partial charge in [0.15, 0.2) is 0 Å². The van der Waals surface area contributed by atoms with E-state index < -0.39 is 0 Å². The number of hydrogen-bond donors (Lipinski definition) is 1. The highest BCUT2D eigenvalue weighted by Gasteiger charge is 2.28. The minimum Gasteiger partial charge on any atom is -0.315 e. The summed E-state index contributed by atoms with van der Waals surface area (Å²) in [6.07, 6.45) is 5.45. The lowest BCUT2D eigenvalue weighted by Gasteiger charge is -2.37. The zero-order chi connectivity index (χ0) is 22.5. The molecule has 1 aliphatic heterocycles. The van der Waals surface area contributed by atoms with Crippen molar-refractivity contribution in [2.45, 2.75) is 51.6 Å². The number of aryl methyl sites for hydroxylation is 1. The van der Waals surface area contributed by atoms with Crippen molar-refractivity contribution in [1.82, 2.24) is 9.80 Å². The van der Waals surface area contributed by atoms with E-state index in [0.717, 1.165) is 69.0 Å². The van der Waals surface area contributed by atoms with Crippen LogP contribution in [0, 0.1) is 22.7 Å². The first-order valence-electron chi connectivity index (χ1n) is 11.4. The predicted molar refractivity (Wildman–Crippen MR) is 126 cm³/mol. The van der Waals surface area contributed by atoms with Gasteiger partial charge in [-0.05, 0) is 55.9 Å². The van der Waals surface area contributed by atoms with Crippen molar-refractivity contribution in [2.24, 2.45) is 0 Å². The molecule has 0 bridgehead atoms. The molecule has 32 heavy (non-hydrogen) atoms. The number of thiophene rings is 1. The fourth-order valence-electron chi connectivity index (χ4n) is 4.58. The van der Waals surface area contributed by atoms with Gasteiger partial charge in [-0.3, -0.25) is 14.6 Å². The number of carbonyl (C=O) groups is 1. The summed E-state index contributed by atoms with van der Waals surface area (Å²) in [5.74, 6) is -0.0292. The van der Waals surface area contributed by atoms with Crippen molar-refractivity contribution < 1.29 is 4.79 Å². The number of piperazine rings is 1. The van der Waals surface area contributed by atoms with Gasteiger partial charge >= 0.3 is 0 Å². The minimum absolute atomic E-state index is 0.0292. The van der Waals surface area contributed by atoms with Gasteiger partial charge in [0.05, 0.1) is 23.2 Å². The molecule has 0 radical (unpaired) electrons. The molecule has 7 heteroatoms. The number of fused-ring (bicyclic) bond motifs is 1. The van der Waals surface area contributed by atoms with E-state index in [2.05, 4.69) is 27.3 Å². The minimum atomic E-state index is -0.236.